The van der Waals surface area contributed by atoms with E-state index in [-0.39, 0.29) is 42.6 Å². The molecule has 4 rings (SSSR count). The normalized spacial score (nSPS) is 18.5. The molecule has 1 aromatic heterocycles. The van der Waals surface area contributed by atoms with Crippen molar-refractivity contribution in [2.75, 3.05) is 5.32 Å². The highest BCUT2D eigenvalue weighted by molar-refractivity contribution is 6.31. The number of amides is 2. The minimum atomic E-state index is -0.272. The molecule has 2 amide bonds. The van der Waals surface area contributed by atoms with Crippen LogP contribution >= 0.6 is 11.6 Å². The van der Waals surface area contributed by atoms with Gasteiger partial charge >= 0.3 is 5.69 Å². The highest BCUT2D eigenvalue weighted by Crippen LogP contribution is 2.29. The number of piperidine rings is 1. The van der Waals surface area contributed by atoms with Gasteiger partial charge < -0.3 is 10.2 Å². The fourth-order valence-electron chi connectivity index (χ4n) is 4.77. The first kappa shape index (κ1) is 23.1. The lowest BCUT2D eigenvalue weighted by Crippen LogP contribution is -2.47. The topological polar surface area (TPSA) is 76.3 Å². The predicted octanol–water partition coefficient (Wildman–Crippen LogP) is 4.43. The van der Waals surface area contributed by atoms with Gasteiger partial charge in [0.05, 0.1) is 22.3 Å². The van der Waals surface area contributed by atoms with E-state index in [2.05, 4.69) is 19.2 Å². The Labute approximate surface area is 197 Å². The van der Waals surface area contributed by atoms with Crippen molar-refractivity contribution in [3.63, 3.8) is 0 Å². The zero-order valence-electron chi connectivity index (χ0n) is 19.2. The molecule has 2 atom stereocenters. The van der Waals surface area contributed by atoms with Crippen LogP contribution in [-0.4, -0.2) is 37.9 Å². The number of nitrogens with zero attached hydrogens (tertiary/aromatic N) is 3. The molecule has 1 aliphatic heterocycles. The van der Waals surface area contributed by atoms with Gasteiger partial charge in [-0.05, 0) is 63.4 Å². The molecule has 33 heavy (non-hydrogen) atoms. The predicted molar refractivity (Wildman–Crippen MR) is 131 cm³/mol. The zero-order valence-corrected chi connectivity index (χ0v) is 19.9. The summed E-state index contributed by atoms with van der Waals surface area (Å²) in [5.74, 6) is -0.399. The number of carbonyl (C=O) groups excluding carboxylic acids is 2. The molecule has 0 aliphatic carbocycles. The van der Waals surface area contributed by atoms with Crippen molar-refractivity contribution in [1.29, 1.82) is 0 Å². The van der Waals surface area contributed by atoms with Crippen molar-refractivity contribution in [2.24, 2.45) is 7.05 Å². The van der Waals surface area contributed by atoms with E-state index in [1.165, 1.54) is 0 Å². The third-order valence-electron chi connectivity index (χ3n) is 6.53. The van der Waals surface area contributed by atoms with Crippen LogP contribution in [0.2, 0.25) is 5.02 Å². The summed E-state index contributed by atoms with van der Waals surface area (Å²) in [7, 11) is 1.72. The Morgan fingerprint density at radius 2 is 1.73 bits per heavy atom. The number of carbonyl (C=O) groups is 2. The first-order chi connectivity index (χ1) is 15.8. The van der Waals surface area contributed by atoms with Gasteiger partial charge in [-0.2, -0.15) is 0 Å². The molecule has 2 aromatic carbocycles. The maximum absolute atomic E-state index is 13.4. The van der Waals surface area contributed by atoms with Crippen molar-refractivity contribution in [1.82, 2.24) is 14.0 Å². The third-order valence-corrected chi connectivity index (χ3v) is 6.76. The summed E-state index contributed by atoms with van der Waals surface area (Å²) in [5, 5.41) is 3.31. The summed E-state index contributed by atoms with van der Waals surface area (Å²) in [6.07, 6.45) is 3.11. The average Bonchev–Trinajstić information content (AvgIpc) is 3.03. The first-order valence-corrected chi connectivity index (χ1v) is 11.7. The van der Waals surface area contributed by atoms with Gasteiger partial charge in [-0.1, -0.05) is 23.7 Å². The third kappa shape index (κ3) is 4.55. The fourth-order valence-corrected chi connectivity index (χ4v) is 4.94. The molecular formula is C25H29ClN4O3. The van der Waals surface area contributed by atoms with Gasteiger partial charge in [-0.15, -0.1) is 0 Å². The van der Waals surface area contributed by atoms with E-state index in [0.29, 0.717) is 16.3 Å². The summed E-state index contributed by atoms with van der Waals surface area (Å²) in [6, 6.07) is 12.7. The summed E-state index contributed by atoms with van der Waals surface area (Å²) >= 11 is 6.20. The van der Waals surface area contributed by atoms with Gasteiger partial charge in [0.25, 0.3) is 5.91 Å². The summed E-state index contributed by atoms with van der Waals surface area (Å²) in [5.41, 5.74) is 2.26. The van der Waals surface area contributed by atoms with Crippen LogP contribution < -0.4 is 11.0 Å². The minimum Gasteiger partial charge on any atom is -0.333 e. The monoisotopic (exact) mass is 468 g/mol. The fraction of sp³-hybridized carbons (Fsp3) is 0.400. The molecule has 3 aromatic rings. The molecule has 1 aliphatic rings. The number of benzene rings is 2. The van der Waals surface area contributed by atoms with Crippen LogP contribution in [0.25, 0.3) is 11.0 Å². The van der Waals surface area contributed by atoms with Crippen LogP contribution in [0.3, 0.4) is 0 Å². The summed E-state index contributed by atoms with van der Waals surface area (Å²) < 4.78 is 3.17. The lowest BCUT2D eigenvalue weighted by atomic mass is 9.96. The molecular weight excluding hydrogens is 440 g/mol. The standard InChI is InChI=1S/C25H29ClN4O3/c1-16-7-6-8-17(2)30(16)24(32)19-15-18(26)11-12-20(19)27-23(31)13-14-29-22-10-5-4-9-21(22)28(3)25(29)33/h4-5,9-12,15-17H,6-8,13-14H2,1-3H3,(H,27,31). The van der Waals surface area contributed by atoms with Crippen molar-refractivity contribution >= 4 is 40.1 Å². The minimum absolute atomic E-state index is 0.0979. The Balaban J connectivity index is 1.53. The number of likely N-dealkylation sites (tertiary alicyclic amines) is 1. The molecule has 2 heterocycles. The van der Waals surface area contributed by atoms with E-state index in [1.54, 1.807) is 34.4 Å². The van der Waals surface area contributed by atoms with Gasteiger partial charge in [0, 0.05) is 37.1 Å². The van der Waals surface area contributed by atoms with Gasteiger partial charge in [0.15, 0.2) is 0 Å². The average molecular weight is 469 g/mol. The van der Waals surface area contributed by atoms with Gasteiger partial charge in [0.2, 0.25) is 5.91 Å². The number of hydrogen-bond acceptors (Lipinski definition) is 3. The van der Waals surface area contributed by atoms with E-state index >= 15 is 0 Å². The Kier molecular flexibility index (Phi) is 6.61. The second kappa shape index (κ2) is 9.43. The molecule has 2 unspecified atom stereocenters. The molecule has 7 nitrogen and oxygen atoms in total. The molecule has 0 radical (unpaired) electrons. The second-order valence-electron chi connectivity index (χ2n) is 8.81. The molecule has 1 saturated heterocycles. The maximum atomic E-state index is 13.4. The maximum Gasteiger partial charge on any atom is 0.328 e. The van der Waals surface area contributed by atoms with Crippen molar-refractivity contribution in [2.45, 2.75) is 58.2 Å². The number of fused-ring (bicyclic) bond motifs is 1. The number of imidazole rings is 1. The number of aromatic nitrogens is 2. The molecule has 0 saturated carbocycles. The molecule has 1 fully saturated rings. The summed E-state index contributed by atoms with van der Waals surface area (Å²) in [6.45, 7) is 4.35. The summed E-state index contributed by atoms with van der Waals surface area (Å²) in [4.78, 5) is 40.7. The van der Waals surface area contributed by atoms with Crippen LogP contribution in [0, 0.1) is 0 Å². The Bertz CT molecular complexity index is 1250. The van der Waals surface area contributed by atoms with Crippen LogP contribution in [0.4, 0.5) is 5.69 Å². The molecule has 1 N–H and O–H groups in total. The second-order valence-corrected chi connectivity index (χ2v) is 9.25. The SMILES string of the molecule is CC1CCCC(C)N1C(=O)c1cc(Cl)ccc1NC(=O)CCn1c(=O)n(C)c2ccccc21. The van der Waals surface area contributed by atoms with Crippen LogP contribution in [0.1, 0.15) is 49.9 Å². The molecule has 0 spiro atoms. The highest BCUT2D eigenvalue weighted by atomic mass is 35.5. The van der Waals surface area contributed by atoms with Crippen LogP contribution in [0.15, 0.2) is 47.3 Å². The largest absolute Gasteiger partial charge is 0.333 e. The van der Waals surface area contributed by atoms with Crippen molar-refractivity contribution in [3.8, 4) is 0 Å². The van der Waals surface area contributed by atoms with E-state index in [4.69, 9.17) is 11.6 Å². The Hall–Kier alpha value is -3.06. The van der Waals surface area contributed by atoms with E-state index in [1.807, 2.05) is 29.2 Å². The van der Waals surface area contributed by atoms with Gasteiger partial charge in [-0.25, -0.2) is 4.79 Å². The van der Waals surface area contributed by atoms with E-state index < -0.39 is 0 Å². The number of nitrogens with one attached hydrogen (secondary N) is 1. The van der Waals surface area contributed by atoms with Gasteiger partial charge in [-0.3, -0.25) is 18.7 Å². The Morgan fingerprint density at radius 3 is 2.42 bits per heavy atom. The van der Waals surface area contributed by atoms with Crippen LogP contribution in [0.5, 0.6) is 0 Å². The first-order valence-electron chi connectivity index (χ1n) is 11.3. The molecule has 174 valence electrons. The van der Waals surface area contributed by atoms with Crippen molar-refractivity contribution < 1.29 is 9.59 Å². The Morgan fingerprint density at radius 1 is 1.06 bits per heavy atom. The quantitative estimate of drug-likeness (QED) is 0.602. The van der Waals surface area contributed by atoms with Crippen molar-refractivity contribution in [3.05, 3.63) is 63.5 Å². The zero-order chi connectivity index (χ0) is 23.7. The number of anilines is 1. The van der Waals surface area contributed by atoms with E-state index in [0.717, 1.165) is 30.3 Å². The van der Waals surface area contributed by atoms with Gasteiger partial charge in [0.1, 0.15) is 0 Å². The van der Waals surface area contributed by atoms with Crippen LogP contribution in [-0.2, 0) is 18.4 Å². The number of halogens is 1. The molecule has 0 bridgehead atoms. The lowest BCUT2D eigenvalue weighted by molar-refractivity contribution is -0.116. The molecule has 8 heteroatoms. The number of hydrogen-bond donors (Lipinski definition) is 1. The smallest absolute Gasteiger partial charge is 0.328 e. The number of rotatable bonds is 5. The van der Waals surface area contributed by atoms with E-state index in [9.17, 15) is 14.4 Å². The number of para-hydroxylation sites is 2. The lowest BCUT2D eigenvalue weighted by Gasteiger charge is -2.39. The highest BCUT2D eigenvalue weighted by Gasteiger charge is 2.31. The number of aryl methyl sites for hydroxylation is 2.